The predicted octanol–water partition coefficient (Wildman–Crippen LogP) is 1.34. The van der Waals surface area contributed by atoms with Gasteiger partial charge in [-0.3, -0.25) is 4.79 Å². The van der Waals surface area contributed by atoms with Crippen molar-refractivity contribution in [2.24, 2.45) is 5.73 Å². The first kappa shape index (κ1) is 18.7. The molecule has 0 radical (unpaired) electrons. The molecule has 1 fully saturated rings. The highest BCUT2D eigenvalue weighted by atomic mass is 16.3. The summed E-state index contributed by atoms with van der Waals surface area (Å²) in [5.41, 5.74) is 7.81. The third-order valence-corrected chi connectivity index (χ3v) is 4.81. The molecule has 10 heteroatoms. The second kappa shape index (κ2) is 7.76. The number of para-hydroxylation sites is 1. The van der Waals surface area contributed by atoms with Crippen LogP contribution in [0.3, 0.4) is 0 Å². The van der Waals surface area contributed by atoms with E-state index in [1.165, 1.54) is 6.39 Å². The first-order valence-corrected chi connectivity index (χ1v) is 9.16. The maximum absolute atomic E-state index is 12.6. The molecule has 0 saturated heterocycles. The Kier molecular flexibility index (Phi) is 5.00. The van der Waals surface area contributed by atoms with E-state index in [0.717, 1.165) is 12.6 Å². The van der Waals surface area contributed by atoms with Crippen molar-refractivity contribution in [1.82, 2.24) is 20.3 Å². The van der Waals surface area contributed by atoms with Crippen LogP contribution in [-0.4, -0.2) is 45.2 Å². The zero-order valence-corrected chi connectivity index (χ0v) is 15.7. The highest BCUT2D eigenvalue weighted by molar-refractivity contribution is 6.18. The molecule has 2 heterocycles. The van der Waals surface area contributed by atoms with Crippen molar-refractivity contribution in [2.75, 3.05) is 17.7 Å². The van der Waals surface area contributed by atoms with E-state index >= 15 is 0 Å². The highest BCUT2D eigenvalue weighted by Gasteiger charge is 2.31. The summed E-state index contributed by atoms with van der Waals surface area (Å²) in [6.07, 6.45) is 3.38. The van der Waals surface area contributed by atoms with Crippen molar-refractivity contribution < 1.29 is 14.3 Å². The number of hydrogen-bond acceptors (Lipinski definition) is 9. The van der Waals surface area contributed by atoms with E-state index in [1.54, 1.807) is 13.1 Å². The fraction of sp³-hybridized carbons (Fsp3) is 0.263. The Hall–Kier alpha value is -3.66. The second-order valence-corrected chi connectivity index (χ2v) is 6.65. The van der Waals surface area contributed by atoms with Gasteiger partial charge in [-0.15, -0.1) is 0 Å². The van der Waals surface area contributed by atoms with Gasteiger partial charge in [-0.1, -0.05) is 6.07 Å². The molecule has 0 bridgehead atoms. The van der Waals surface area contributed by atoms with Gasteiger partial charge in [0, 0.05) is 19.3 Å². The molecule has 1 aliphatic carbocycles. The minimum absolute atomic E-state index is 0.115. The average molecular weight is 395 g/mol. The molecule has 150 valence electrons. The molecule has 2 aromatic heterocycles. The average Bonchev–Trinajstić information content (AvgIpc) is 3.21. The van der Waals surface area contributed by atoms with Gasteiger partial charge in [0.25, 0.3) is 5.91 Å². The number of benzene rings is 1. The standard InChI is InChI=1S/C19H21N7O3/c1-21-15-7-16(23-12-3-2-4-14-17(12)22-9-29-14)26-18(25-15)10(8-20)19(28)24-11-5-6-13(11)27/h2-4,7-9,11,13,27H,5-6,20H2,1H3,(H,24,28)(H2,21,23,25,26)/t11-,13-/m0/s1. The number of nitrogens with zero attached hydrogens (tertiary/aromatic N) is 3. The zero-order chi connectivity index (χ0) is 20.4. The fourth-order valence-electron chi connectivity index (χ4n) is 3.03. The Balaban J connectivity index is 1.63. The van der Waals surface area contributed by atoms with Crippen LogP contribution in [0.1, 0.15) is 18.7 Å². The number of hydrogen-bond donors (Lipinski definition) is 5. The lowest BCUT2D eigenvalue weighted by Crippen LogP contribution is -2.50. The maximum Gasteiger partial charge on any atom is 0.256 e. The number of carbonyl (C=O) groups is 1. The third-order valence-electron chi connectivity index (χ3n) is 4.81. The van der Waals surface area contributed by atoms with Gasteiger partial charge in [-0.05, 0) is 25.0 Å². The van der Waals surface area contributed by atoms with Crippen LogP contribution >= 0.6 is 0 Å². The molecule has 2 atom stereocenters. The van der Waals surface area contributed by atoms with Crippen LogP contribution in [0.25, 0.3) is 16.7 Å². The summed E-state index contributed by atoms with van der Waals surface area (Å²) in [5, 5.41) is 18.6. The SMILES string of the molecule is CNc1cc(Nc2cccc3ocnc23)nc(C(=CN)C(=O)N[C@H]2CC[C@@H]2O)n1. The number of anilines is 3. The van der Waals surface area contributed by atoms with Crippen LogP contribution < -0.4 is 21.7 Å². The summed E-state index contributed by atoms with van der Waals surface area (Å²) < 4.78 is 5.32. The Bertz CT molecular complexity index is 1080. The molecule has 0 spiro atoms. The van der Waals surface area contributed by atoms with Gasteiger partial charge < -0.3 is 31.2 Å². The van der Waals surface area contributed by atoms with Gasteiger partial charge in [0.15, 0.2) is 17.8 Å². The Morgan fingerprint density at radius 1 is 1.31 bits per heavy atom. The second-order valence-electron chi connectivity index (χ2n) is 6.65. The van der Waals surface area contributed by atoms with Crippen molar-refractivity contribution in [3.63, 3.8) is 0 Å². The number of aliphatic hydroxyl groups excluding tert-OH is 1. The first-order valence-electron chi connectivity index (χ1n) is 9.16. The molecule has 1 aliphatic rings. The predicted molar refractivity (Wildman–Crippen MR) is 108 cm³/mol. The first-order chi connectivity index (χ1) is 14.1. The van der Waals surface area contributed by atoms with Crippen LogP contribution in [0.4, 0.5) is 17.3 Å². The van der Waals surface area contributed by atoms with E-state index < -0.39 is 12.0 Å². The summed E-state index contributed by atoms with van der Waals surface area (Å²) >= 11 is 0. The molecule has 3 aromatic rings. The normalized spacial score (nSPS) is 18.9. The van der Waals surface area contributed by atoms with Crippen molar-refractivity contribution >= 4 is 39.9 Å². The Morgan fingerprint density at radius 2 is 2.14 bits per heavy atom. The van der Waals surface area contributed by atoms with E-state index in [0.29, 0.717) is 34.8 Å². The van der Waals surface area contributed by atoms with Crippen LogP contribution in [-0.2, 0) is 4.79 Å². The smallest absolute Gasteiger partial charge is 0.256 e. The lowest BCUT2D eigenvalue weighted by Gasteiger charge is -2.33. The molecule has 10 nitrogen and oxygen atoms in total. The molecule has 29 heavy (non-hydrogen) atoms. The van der Waals surface area contributed by atoms with Gasteiger partial charge in [0.05, 0.1) is 23.4 Å². The zero-order valence-electron chi connectivity index (χ0n) is 15.7. The third kappa shape index (κ3) is 3.69. The van der Waals surface area contributed by atoms with Crippen molar-refractivity contribution in [3.05, 3.63) is 42.7 Å². The number of carbonyl (C=O) groups excluding carboxylic acids is 1. The topological polar surface area (TPSA) is 151 Å². The van der Waals surface area contributed by atoms with Crippen molar-refractivity contribution in [2.45, 2.75) is 25.0 Å². The molecule has 4 rings (SSSR count). The number of aliphatic hydroxyl groups is 1. The van der Waals surface area contributed by atoms with Crippen LogP contribution in [0.15, 0.2) is 41.3 Å². The summed E-state index contributed by atoms with van der Waals surface area (Å²) in [4.78, 5) is 25.6. The molecule has 1 saturated carbocycles. The molecular weight excluding hydrogens is 374 g/mol. The summed E-state index contributed by atoms with van der Waals surface area (Å²) in [5.74, 6) is 0.667. The molecule has 1 amide bonds. The van der Waals surface area contributed by atoms with Gasteiger partial charge >= 0.3 is 0 Å². The summed E-state index contributed by atoms with van der Waals surface area (Å²) in [7, 11) is 1.71. The molecular formula is C19H21N7O3. The Morgan fingerprint density at radius 3 is 2.83 bits per heavy atom. The number of aromatic nitrogens is 3. The molecule has 0 aliphatic heterocycles. The van der Waals surface area contributed by atoms with E-state index in [1.807, 2.05) is 18.2 Å². The number of amides is 1. The Labute approximate surface area is 166 Å². The van der Waals surface area contributed by atoms with Crippen LogP contribution in [0.5, 0.6) is 0 Å². The summed E-state index contributed by atoms with van der Waals surface area (Å²) in [6, 6.07) is 6.90. The highest BCUT2D eigenvalue weighted by Crippen LogP contribution is 2.26. The lowest BCUT2D eigenvalue weighted by molar-refractivity contribution is -0.118. The van der Waals surface area contributed by atoms with Crippen molar-refractivity contribution in [1.29, 1.82) is 0 Å². The summed E-state index contributed by atoms with van der Waals surface area (Å²) in [6.45, 7) is 0. The van der Waals surface area contributed by atoms with Crippen molar-refractivity contribution in [3.8, 4) is 0 Å². The lowest BCUT2D eigenvalue weighted by atomic mass is 9.89. The number of rotatable bonds is 6. The minimum atomic E-state index is -0.539. The molecule has 1 aromatic carbocycles. The van der Waals surface area contributed by atoms with Gasteiger partial charge in [-0.2, -0.15) is 0 Å². The van der Waals surface area contributed by atoms with Gasteiger partial charge in [0.1, 0.15) is 17.2 Å². The molecule has 6 N–H and O–H groups in total. The largest absolute Gasteiger partial charge is 0.443 e. The van der Waals surface area contributed by atoms with E-state index in [4.69, 9.17) is 10.2 Å². The monoisotopic (exact) mass is 395 g/mol. The van der Waals surface area contributed by atoms with Gasteiger partial charge in [0.2, 0.25) is 0 Å². The van der Waals surface area contributed by atoms with Gasteiger partial charge in [-0.25, -0.2) is 15.0 Å². The maximum atomic E-state index is 12.6. The molecule has 0 unspecified atom stereocenters. The quantitative estimate of drug-likeness (QED) is 0.389. The van der Waals surface area contributed by atoms with E-state index in [2.05, 4.69) is 30.9 Å². The number of oxazole rings is 1. The minimum Gasteiger partial charge on any atom is -0.443 e. The fourth-order valence-corrected chi connectivity index (χ4v) is 3.03. The number of nitrogens with one attached hydrogen (secondary N) is 3. The van der Waals surface area contributed by atoms with E-state index in [-0.39, 0.29) is 17.4 Å². The number of nitrogens with two attached hydrogens (primary N) is 1. The van der Waals surface area contributed by atoms with E-state index in [9.17, 15) is 9.90 Å². The number of fused-ring (bicyclic) bond motifs is 1. The van der Waals surface area contributed by atoms with Crippen LogP contribution in [0, 0.1) is 0 Å². The van der Waals surface area contributed by atoms with Crippen LogP contribution in [0.2, 0.25) is 0 Å².